The first kappa shape index (κ1) is 26.4. The largest absolute Gasteiger partial charge is 0.412 e. The van der Waals surface area contributed by atoms with E-state index in [1.807, 2.05) is 12.1 Å². The molecule has 1 fully saturated rings. The zero-order valence-electron chi connectivity index (χ0n) is 21.6. The van der Waals surface area contributed by atoms with Gasteiger partial charge in [-0.3, -0.25) is 9.78 Å². The van der Waals surface area contributed by atoms with E-state index in [2.05, 4.69) is 64.9 Å². The molecule has 3 N–H and O–H groups in total. The lowest BCUT2D eigenvalue weighted by atomic mass is 10.2. The van der Waals surface area contributed by atoms with E-state index < -0.39 is 0 Å². The van der Waals surface area contributed by atoms with Crippen LogP contribution in [0.1, 0.15) is 36.0 Å². The number of nitrogens with zero attached hydrogens (tertiary/aromatic N) is 7. The van der Waals surface area contributed by atoms with Crippen molar-refractivity contribution in [1.82, 2.24) is 40.3 Å². The number of hydrogen-bond acceptors (Lipinski definition) is 11. The van der Waals surface area contributed by atoms with Gasteiger partial charge in [-0.2, -0.15) is 4.98 Å². The first-order valence-electron chi connectivity index (χ1n) is 12.9. The van der Waals surface area contributed by atoms with Crippen LogP contribution in [-0.2, 0) is 6.42 Å². The Morgan fingerprint density at radius 1 is 1.05 bits per heavy atom. The summed E-state index contributed by atoms with van der Waals surface area (Å²) >= 11 is 0. The fourth-order valence-corrected chi connectivity index (χ4v) is 3.95. The highest BCUT2D eigenvalue weighted by molar-refractivity contribution is 5.89. The Labute approximate surface area is 217 Å². The number of amides is 1. The van der Waals surface area contributed by atoms with E-state index >= 15 is 0 Å². The molecule has 0 bridgehead atoms. The zero-order chi connectivity index (χ0) is 25.9. The molecule has 1 saturated heterocycles. The second kappa shape index (κ2) is 13.6. The Morgan fingerprint density at radius 3 is 2.65 bits per heavy atom. The molecule has 198 valence electrons. The van der Waals surface area contributed by atoms with Gasteiger partial charge < -0.3 is 30.2 Å². The van der Waals surface area contributed by atoms with Crippen molar-refractivity contribution in [1.29, 1.82) is 0 Å². The number of hydrogen-bond donors (Lipinski definition) is 3. The van der Waals surface area contributed by atoms with Crippen molar-refractivity contribution in [3.05, 3.63) is 42.2 Å². The molecule has 0 atom stereocenters. The summed E-state index contributed by atoms with van der Waals surface area (Å²) in [7, 11) is 2.14. The summed E-state index contributed by atoms with van der Waals surface area (Å²) in [5.74, 6) is 0.816. The number of carbonyl (C=O) groups excluding carboxylic acids is 1. The third kappa shape index (κ3) is 7.92. The van der Waals surface area contributed by atoms with Gasteiger partial charge >= 0.3 is 11.8 Å². The Balaban J connectivity index is 1.31. The van der Waals surface area contributed by atoms with Gasteiger partial charge in [0.15, 0.2) is 0 Å². The molecule has 0 radical (unpaired) electrons. The van der Waals surface area contributed by atoms with Gasteiger partial charge in [-0.1, -0.05) is 6.92 Å². The minimum atomic E-state index is -0.379. The summed E-state index contributed by atoms with van der Waals surface area (Å²) in [6, 6.07) is 3.97. The monoisotopic (exact) mass is 508 g/mol. The van der Waals surface area contributed by atoms with Crippen molar-refractivity contribution in [2.75, 3.05) is 70.0 Å². The van der Waals surface area contributed by atoms with E-state index in [0.29, 0.717) is 30.4 Å². The van der Waals surface area contributed by atoms with Crippen molar-refractivity contribution in [3.63, 3.8) is 0 Å². The first-order valence-corrected chi connectivity index (χ1v) is 12.9. The molecule has 3 aromatic rings. The van der Waals surface area contributed by atoms with Crippen molar-refractivity contribution >= 4 is 17.7 Å². The van der Waals surface area contributed by atoms with Gasteiger partial charge in [-0.25, -0.2) is 4.98 Å². The average Bonchev–Trinajstić information content (AvgIpc) is 3.42. The molecule has 4 heterocycles. The van der Waals surface area contributed by atoms with Crippen molar-refractivity contribution in [2.45, 2.75) is 26.2 Å². The van der Waals surface area contributed by atoms with Crippen LogP contribution >= 0.6 is 0 Å². The SMILES string of the molecule is CCCNc1nc(NCCc2ccncc2)ncc1-c1nnc(C(=O)NCCCN2CCN(C)CC2)o1. The van der Waals surface area contributed by atoms with Crippen LogP contribution in [0.3, 0.4) is 0 Å². The molecule has 0 aliphatic carbocycles. The summed E-state index contributed by atoms with van der Waals surface area (Å²) in [5, 5.41) is 17.4. The van der Waals surface area contributed by atoms with Crippen LogP contribution in [0, 0.1) is 0 Å². The number of aromatic nitrogens is 5. The van der Waals surface area contributed by atoms with Crippen molar-refractivity contribution in [3.8, 4) is 11.5 Å². The van der Waals surface area contributed by atoms with E-state index in [-0.39, 0.29) is 17.7 Å². The van der Waals surface area contributed by atoms with Crippen LogP contribution < -0.4 is 16.0 Å². The van der Waals surface area contributed by atoms with Gasteiger partial charge in [0.05, 0.1) is 5.56 Å². The number of pyridine rings is 1. The number of carbonyl (C=O) groups is 1. The maximum absolute atomic E-state index is 12.5. The predicted molar refractivity (Wildman–Crippen MR) is 141 cm³/mol. The van der Waals surface area contributed by atoms with Gasteiger partial charge in [-0.05, 0) is 50.6 Å². The molecule has 12 heteroatoms. The fraction of sp³-hybridized carbons (Fsp3) is 0.520. The maximum Gasteiger partial charge on any atom is 0.308 e. The quantitative estimate of drug-likeness (QED) is 0.291. The fourth-order valence-electron chi connectivity index (χ4n) is 3.95. The van der Waals surface area contributed by atoms with Gasteiger partial charge in [-0.15, -0.1) is 10.2 Å². The minimum absolute atomic E-state index is 0.0735. The van der Waals surface area contributed by atoms with Crippen LogP contribution in [-0.4, -0.2) is 100 Å². The molecule has 1 aliphatic rings. The predicted octanol–water partition coefficient (Wildman–Crippen LogP) is 1.77. The second-order valence-corrected chi connectivity index (χ2v) is 9.08. The minimum Gasteiger partial charge on any atom is -0.412 e. The number of piperazine rings is 1. The van der Waals surface area contributed by atoms with E-state index in [4.69, 9.17) is 4.42 Å². The smallest absolute Gasteiger partial charge is 0.308 e. The summed E-state index contributed by atoms with van der Waals surface area (Å²) in [5.41, 5.74) is 1.73. The molecule has 0 saturated carbocycles. The molecule has 0 aromatic carbocycles. The van der Waals surface area contributed by atoms with Crippen LogP contribution in [0.15, 0.2) is 35.1 Å². The van der Waals surface area contributed by atoms with Crippen molar-refractivity contribution < 1.29 is 9.21 Å². The molecule has 37 heavy (non-hydrogen) atoms. The third-order valence-corrected chi connectivity index (χ3v) is 6.16. The highest BCUT2D eigenvalue weighted by Gasteiger charge is 2.20. The average molecular weight is 509 g/mol. The lowest BCUT2D eigenvalue weighted by molar-refractivity contribution is 0.0915. The highest BCUT2D eigenvalue weighted by Crippen LogP contribution is 2.25. The molecule has 1 amide bonds. The van der Waals surface area contributed by atoms with E-state index in [0.717, 1.165) is 58.5 Å². The molecule has 1 aliphatic heterocycles. The van der Waals surface area contributed by atoms with Gasteiger partial charge in [0.2, 0.25) is 5.95 Å². The molecule has 3 aromatic heterocycles. The molecular formula is C25H36N10O2. The summed E-state index contributed by atoms with van der Waals surface area (Å²) in [4.78, 5) is 30.3. The Bertz CT molecular complexity index is 1120. The highest BCUT2D eigenvalue weighted by atomic mass is 16.4. The maximum atomic E-state index is 12.5. The number of anilines is 2. The summed E-state index contributed by atoms with van der Waals surface area (Å²) in [6.45, 7) is 9.26. The van der Waals surface area contributed by atoms with Crippen molar-refractivity contribution in [2.24, 2.45) is 0 Å². The molecule has 0 unspecified atom stereocenters. The van der Waals surface area contributed by atoms with Crippen LogP contribution in [0.2, 0.25) is 0 Å². The van der Waals surface area contributed by atoms with Crippen LogP contribution in [0.25, 0.3) is 11.5 Å². The van der Waals surface area contributed by atoms with E-state index in [9.17, 15) is 4.79 Å². The molecular weight excluding hydrogens is 472 g/mol. The Hall–Kier alpha value is -3.64. The lowest BCUT2D eigenvalue weighted by Gasteiger charge is -2.32. The third-order valence-electron chi connectivity index (χ3n) is 6.16. The van der Waals surface area contributed by atoms with Gasteiger partial charge in [0.25, 0.3) is 5.89 Å². The molecule has 12 nitrogen and oxygen atoms in total. The Kier molecular flexibility index (Phi) is 9.72. The first-order chi connectivity index (χ1) is 18.1. The normalized spacial score (nSPS) is 14.4. The second-order valence-electron chi connectivity index (χ2n) is 9.08. The van der Waals surface area contributed by atoms with Crippen LogP contribution in [0.4, 0.5) is 11.8 Å². The van der Waals surface area contributed by atoms with E-state index in [1.165, 1.54) is 5.56 Å². The van der Waals surface area contributed by atoms with E-state index in [1.54, 1.807) is 18.6 Å². The standard InChI is InChI=1S/C25H36N10O2/c1-3-8-27-21-20(18-30-25(31-21)29-12-7-19-5-10-26-11-6-19)23-32-33-24(37-23)22(36)28-9-4-13-35-16-14-34(2)15-17-35/h5-6,10-11,18H,3-4,7-9,12-17H2,1-2H3,(H,28,36)(H2,27,29,30,31). The summed E-state index contributed by atoms with van der Waals surface area (Å²) < 4.78 is 5.69. The topological polar surface area (TPSA) is 137 Å². The summed E-state index contributed by atoms with van der Waals surface area (Å²) in [6.07, 6.45) is 7.79. The number of likely N-dealkylation sites (N-methyl/N-ethyl adjacent to an activating group) is 1. The van der Waals surface area contributed by atoms with Crippen LogP contribution in [0.5, 0.6) is 0 Å². The zero-order valence-corrected chi connectivity index (χ0v) is 21.6. The van der Waals surface area contributed by atoms with Gasteiger partial charge in [0.1, 0.15) is 5.82 Å². The number of nitrogens with one attached hydrogen (secondary N) is 3. The number of rotatable bonds is 13. The molecule has 0 spiro atoms. The lowest BCUT2D eigenvalue weighted by Crippen LogP contribution is -2.45. The van der Waals surface area contributed by atoms with Gasteiger partial charge in [0, 0.05) is 64.4 Å². The Morgan fingerprint density at radius 2 is 1.86 bits per heavy atom. The molecule has 4 rings (SSSR count).